The van der Waals surface area contributed by atoms with Gasteiger partial charge in [-0.3, -0.25) is 14.9 Å². The molecular weight excluding hydrogens is 376 g/mol. The number of hydrogen-bond acceptors (Lipinski definition) is 7. The quantitative estimate of drug-likeness (QED) is 0.343. The standard InChI is InChI=1S/C20H18N4O5/c1-23(19(25)10-9-14-5-3-7-16(11-14)24(26)27)13-18-21-20(22-29-18)15-6-4-8-17(12-15)28-2/h3-12H,13H2,1-2H3/b10-9+. The first-order valence-electron chi connectivity index (χ1n) is 8.61. The van der Waals surface area contributed by atoms with Crippen molar-refractivity contribution in [1.82, 2.24) is 15.0 Å². The van der Waals surface area contributed by atoms with Gasteiger partial charge in [0.05, 0.1) is 18.6 Å². The van der Waals surface area contributed by atoms with Gasteiger partial charge in [0, 0.05) is 30.8 Å². The van der Waals surface area contributed by atoms with Crippen molar-refractivity contribution in [3.63, 3.8) is 0 Å². The van der Waals surface area contributed by atoms with Crippen LogP contribution in [0.2, 0.25) is 0 Å². The molecule has 0 bridgehead atoms. The Morgan fingerprint density at radius 1 is 1.28 bits per heavy atom. The van der Waals surface area contributed by atoms with Gasteiger partial charge in [-0.05, 0) is 23.8 Å². The third-order valence-electron chi connectivity index (χ3n) is 4.04. The lowest BCUT2D eigenvalue weighted by molar-refractivity contribution is -0.384. The first-order valence-corrected chi connectivity index (χ1v) is 8.61. The highest BCUT2D eigenvalue weighted by Gasteiger charge is 2.14. The summed E-state index contributed by atoms with van der Waals surface area (Å²) >= 11 is 0. The molecule has 0 aliphatic carbocycles. The molecule has 1 aromatic heterocycles. The summed E-state index contributed by atoms with van der Waals surface area (Å²) in [5.74, 6) is 1.04. The van der Waals surface area contributed by atoms with Crippen LogP contribution in [0.4, 0.5) is 5.69 Å². The maximum absolute atomic E-state index is 12.3. The normalized spacial score (nSPS) is 10.8. The number of amides is 1. The molecule has 9 heteroatoms. The Morgan fingerprint density at radius 3 is 2.83 bits per heavy atom. The van der Waals surface area contributed by atoms with Crippen LogP contribution in [-0.2, 0) is 11.3 Å². The molecule has 0 aliphatic rings. The van der Waals surface area contributed by atoms with Gasteiger partial charge in [0.2, 0.25) is 17.6 Å². The topological polar surface area (TPSA) is 112 Å². The summed E-state index contributed by atoms with van der Waals surface area (Å²) in [6, 6.07) is 13.3. The van der Waals surface area contributed by atoms with E-state index in [1.165, 1.54) is 29.2 Å². The van der Waals surface area contributed by atoms with Crippen LogP contribution in [0.5, 0.6) is 5.75 Å². The lowest BCUT2D eigenvalue weighted by Gasteiger charge is -2.11. The van der Waals surface area contributed by atoms with Crippen LogP contribution in [-0.4, -0.2) is 40.0 Å². The predicted octanol–water partition coefficient (Wildman–Crippen LogP) is 3.33. The monoisotopic (exact) mass is 394 g/mol. The zero-order valence-electron chi connectivity index (χ0n) is 15.8. The van der Waals surface area contributed by atoms with Crippen LogP contribution in [0.25, 0.3) is 17.5 Å². The van der Waals surface area contributed by atoms with E-state index in [4.69, 9.17) is 9.26 Å². The molecule has 0 fully saturated rings. The van der Waals surface area contributed by atoms with Crippen molar-refractivity contribution in [3.8, 4) is 17.1 Å². The van der Waals surface area contributed by atoms with Crippen LogP contribution in [0.3, 0.4) is 0 Å². The minimum absolute atomic E-state index is 0.0381. The van der Waals surface area contributed by atoms with E-state index < -0.39 is 4.92 Å². The van der Waals surface area contributed by atoms with E-state index >= 15 is 0 Å². The summed E-state index contributed by atoms with van der Waals surface area (Å²) in [6.07, 6.45) is 2.85. The summed E-state index contributed by atoms with van der Waals surface area (Å²) in [6.45, 7) is 0.120. The molecule has 0 saturated heterocycles. The summed E-state index contributed by atoms with van der Waals surface area (Å²) in [7, 11) is 3.16. The fourth-order valence-corrected chi connectivity index (χ4v) is 2.52. The molecule has 29 heavy (non-hydrogen) atoms. The fraction of sp³-hybridized carbons (Fsp3) is 0.150. The lowest BCUT2D eigenvalue weighted by Crippen LogP contribution is -2.24. The maximum Gasteiger partial charge on any atom is 0.270 e. The van der Waals surface area contributed by atoms with E-state index in [0.29, 0.717) is 17.1 Å². The van der Waals surface area contributed by atoms with Crippen molar-refractivity contribution in [2.45, 2.75) is 6.54 Å². The number of rotatable bonds is 7. The van der Waals surface area contributed by atoms with E-state index in [1.807, 2.05) is 18.2 Å². The van der Waals surface area contributed by atoms with Crippen LogP contribution in [0.1, 0.15) is 11.5 Å². The number of methoxy groups -OCH3 is 1. The number of nitrogens with zero attached hydrogens (tertiary/aromatic N) is 4. The van der Waals surface area contributed by atoms with Crippen molar-refractivity contribution < 1.29 is 19.0 Å². The molecule has 148 valence electrons. The smallest absolute Gasteiger partial charge is 0.270 e. The average Bonchev–Trinajstić information content (AvgIpc) is 3.20. The molecule has 2 aromatic carbocycles. The number of hydrogen-bond donors (Lipinski definition) is 0. The Morgan fingerprint density at radius 2 is 2.07 bits per heavy atom. The zero-order valence-corrected chi connectivity index (χ0v) is 15.8. The molecule has 3 aromatic rings. The van der Waals surface area contributed by atoms with Gasteiger partial charge in [-0.2, -0.15) is 4.98 Å². The number of benzene rings is 2. The minimum atomic E-state index is -0.485. The molecule has 9 nitrogen and oxygen atoms in total. The van der Waals surface area contributed by atoms with E-state index in [1.54, 1.807) is 32.4 Å². The van der Waals surface area contributed by atoms with Crippen LogP contribution >= 0.6 is 0 Å². The maximum atomic E-state index is 12.3. The largest absolute Gasteiger partial charge is 0.497 e. The molecule has 1 heterocycles. The number of carbonyl (C=O) groups excluding carboxylic acids is 1. The van der Waals surface area contributed by atoms with Crippen molar-refractivity contribution >= 4 is 17.7 Å². The summed E-state index contributed by atoms with van der Waals surface area (Å²) in [5.41, 5.74) is 1.25. The van der Waals surface area contributed by atoms with E-state index in [-0.39, 0.29) is 24.0 Å². The molecule has 0 radical (unpaired) electrons. The van der Waals surface area contributed by atoms with Crippen molar-refractivity contribution in [1.29, 1.82) is 0 Å². The van der Waals surface area contributed by atoms with Gasteiger partial charge in [0.25, 0.3) is 5.69 Å². The first kappa shape index (κ1) is 19.7. The Hall–Kier alpha value is -4.01. The second-order valence-electron chi connectivity index (χ2n) is 6.12. The Balaban J connectivity index is 1.65. The molecule has 0 N–H and O–H groups in total. The second-order valence-corrected chi connectivity index (χ2v) is 6.12. The van der Waals surface area contributed by atoms with E-state index in [0.717, 1.165) is 5.56 Å². The van der Waals surface area contributed by atoms with Crippen molar-refractivity contribution in [2.24, 2.45) is 0 Å². The van der Waals surface area contributed by atoms with Crippen molar-refractivity contribution in [3.05, 3.63) is 76.2 Å². The number of non-ortho nitro benzene ring substituents is 1. The number of carbonyl (C=O) groups is 1. The SMILES string of the molecule is COc1cccc(-c2noc(CN(C)C(=O)/C=C/c3cccc([N+](=O)[O-])c3)n2)c1. The highest BCUT2D eigenvalue weighted by Crippen LogP contribution is 2.21. The predicted molar refractivity (Wildman–Crippen MR) is 105 cm³/mol. The molecule has 0 aliphatic heterocycles. The van der Waals surface area contributed by atoms with Crippen molar-refractivity contribution in [2.75, 3.05) is 14.2 Å². The van der Waals surface area contributed by atoms with E-state index in [2.05, 4.69) is 10.1 Å². The molecular formula is C20H18N4O5. The highest BCUT2D eigenvalue weighted by molar-refractivity contribution is 5.91. The van der Waals surface area contributed by atoms with Gasteiger partial charge in [-0.15, -0.1) is 0 Å². The summed E-state index contributed by atoms with van der Waals surface area (Å²) in [4.78, 5) is 28.3. The molecule has 3 rings (SSSR count). The number of ether oxygens (including phenoxy) is 1. The van der Waals surface area contributed by atoms with E-state index in [9.17, 15) is 14.9 Å². The van der Waals surface area contributed by atoms with Gasteiger partial charge >= 0.3 is 0 Å². The number of likely N-dealkylation sites (N-methyl/N-ethyl adjacent to an activating group) is 1. The van der Waals surface area contributed by atoms with Crippen LogP contribution in [0, 0.1) is 10.1 Å². The second kappa shape index (κ2) is 8.79. The molecule has 0 spiro atoms. The molecule has 0 unspecified atom stereocenters. The zero-order chi connectivity index (χ0) is 20.8. The van der Waals surface area contributed by atoms with Gasteiger partial charge in [-0.1, -0.05) is 29.4 Å². The lowest BCUT2D eigenvalue weighted by atomic mass is 10.2. The van der Waals surface area contributed by atoms with Gasteiger partial charge < -0.3 is 14.2 Å². The summed E-state index contributed by atoms with van der Waals surface area (Å²) < 4.78 is 10.4. The van der Waals surface area contributed by atoms with Gasteiger partial charge in [0.1, 0.15) is 5.75 Å². The number of nitro groups is 1. The summed E-state index contributed by atoms with van der Waals surface area (Å²) in [5, 5.41) is 14.8. The van der Waals surface area contributed by atoms with Crippen LogP contribution < -0.4 is 4.74 Å². The third kappa shape index (κ3) is 5.04. The third-order valence-corrected chi connectivity index (χ3v) is 4.04. The minimum Gasteiger partial charge on any atom is -0.497 e. The Kier molecular flexibility index (Phi) is 5.98. The van der Waals surface area contributed by atoms with Gasteiger partial charge in [0.15, 0.2) is 0 Å². The fourth-order valence-electron chi connectivity index (χ4n) is 2.52. The highest BCUT2D eigenvalue weighted by atomic mass is 16.6. The first-order chi connectivity index (χ1) is 14.0. The average molecular weight is 394 g/mol. The molecule has 0 atom stereocenters. The van der Waals surface area contributed by atoms with Gasteiger partial charge in [-0.25, -0.2) is 0 Å². The Labute approximate surface area is 166 Å². The number of nitro benzene ring substituents is 1. The number of aromatic nitrogens is 2. The Bertz CT molecular complexity index is 1060. The van der Waals surface area contributed by atoms with Crippen LogP contribution in [0.15, 0.2) is 59.1 Å². The molecule has 0 saturated carbocycles. The molecule has 1 amide bonds.